The van der Waals surface area contributed by atoms with Crippen LogP contribution in [0.5, 0.6) is 11.5 Å². The summed E-state index contributed by atoms with van der Waals surface area (Å²) < 4.78 is 10.6. The molecule has 0 unspecified atom stereocenters. The fraction of sp³-hybridized carbons (Fsp3) is 0.158. The maximum atomic E-state index is 12.2. The zero-order valence-electron chi connectivity index (χ0n) is 14.7. The Bertz CT molecular complexity index is 929. The first kappa shape index (κ1) is 19.5. The first-order chi connectivity index (χ1) is 13.1. The number of benzene rings is 2. The summed E-state index contributed by atoms with van der Waals surface area (Å²) in [5, 5.41) is 5.95. The highest BCUT2D eigenvalue weighted by atomic mass is 35.5. The monoisotopic (exact) mass is 420 g/mol. The molecule has 0 spiro atoms. The number of carbonyl (C=O) groups is 1. The molecule has 1 aromatic heterocycles. The molecule has 0 aliphatic rings. The fourth-order valence-electron chi connectivity index (χ4n) is 2.29. The average molecular weight is 421 g/mol. The van der Waals surface area contributed by atoms with Crippen molar-refractivity contribution in [3.63, 3.8) is 0 Å². The van der Waals surface area contributed by atoms with E-state index in [0.29, 0.717) is 27.4 Å². The normalized spacial score (nSPS) is 10.5. The highest BCUT2D eigenvalue weighted by molar-refractivity contribution is 8.00. The Labute approximate surface area is 170 Å². The number of halogens is 1. The largest absolute Gasteiger partial charge is 0.493 e. The van der Waals surface area contributed by atoms with Gasteiger partial charge in [-0.25, -0.2) is 4.98 Å². The lowest BCUT2D eigenvalue weighted by atomic mass is 10.1. The number of methoxy groups -OCH3 is 2. The van der Waals surface area contributed by atoms with E-state index in [2.05, 4.69) is 10.3 Å². The van der Waals surface area contributed by atoms with Gasteiger partial charge in [0, 0.05) is 20.9 Å². The number of hydrogen-bond donors (Lipinski definition) is 1. The van der Waals surface area contributed by atoms with Crippen molar-refractivity contribution in [1.29, 1.82) is 0 Å². The molecule has 1 N–H and O–H groups in total. The minimum atomic E-state index is -0.108. The molecule has 27 heavy (non-hydrogen) atoms. The number of nitrogens with one attached hydrogen (secondary N) is 1. The summed E-state index contributed by atoms with van der Waals surface area (Å²) in [6.07, 6.45) is 0. The second kappa shape index (κ2) is 9.12. The molecule has 1 heterocycles. The Hall–Kier alpha value is -2.22. The number of thioether (sulfide) groups is 1. The Morgan fingerprint density at radius 3 is 2.59 bits per heavy atom. The van der Waals surface area contributed by atoms with Gasteiger partial charge >= 0.3 is 0 Å². The van der Waals surface area contributed by atoms with E-state index in [1.54, 1.807) is 26.4 Å². The zero-order valence-corrected chi connectivity index (χ0v) is 17.1. The zero-order chi connectivity index (χ0) is 19.2. The van der Waals surface area contributed by atoms with Crippen LogP contribution in [-0.2, 0) is 4.79 Å². The average Bonchev–Trinajstić information content (AvgIpc) is 3.15. The summed E-state index contributed by atoms with van der Waals surface area (Å²) in [4.78, 5) is 17.6. The maximum Gasteiger partial charge on any atom is 0.236 e. The minimum Gasteiger partial charge on any atom is -0.493 e. The second-order valence-electron chi connectivity index (χ2n) is 5.40. The molecule has 3 aromatic rings. The summed E-state index contributed by atoms with van der Waals surface area (Å²) in [6.45, 7) is 0. The highest BCUT2D eigenvalue weighted by Gasteiger charge is 2.11. The first-order valence-electron chi connectivity index (χ1n) is 7.95. The number of ether oxygens (including phenoxy) is 2. The van der Waals surface area contributed by atoms with Gasteiger partial charge in [0.2, 0.25) is 5.91 Å². The van der Waals surface area contributed by atoms with Crippen LogP contribution >= 0.6 is 34.7 Å². The third-order valence-corrected chi connectivity index (χ3v) is 5.64. The topological polar surface area (TPSA) is 60.5 Å². The van der Waals surface area contributed by atoms with E-state index in [9.17, 15) is 4.79 Å². The molecule has 3 rings (SSSR count). The van der Waals surface area contributed by atoms with E-state index < -0.39 is 0 Å². The fourth-order valence-corrected chi connectivity index (χ4v) is 3.85. The van der Waals surface area contributed by atoms with Gasteiger partial charge < -0.3 is 14.8 Å². The molecule has 0 aliphatic carbocycles. The molecular weight excluding hydrogens is 404 g/mol. The Morgan fingerprint density at radius 2 is 1.89 bits per heavy atom. The standard InChI is InChI=1S/C19H17ClN2O3S2/c1-24-16-8-3-12(9-17(16)25-2)15-10-27-19(21-15)22-18(23)11-26-14-6-4-13(20)5-7-14/h3-10H,11H2,1-2H3,(H,21,22,23). The van der Waals surface area contributed by atoms with Gasteiger partial charge in [-0.2, -0.15) is 0 Å². The summed E-state index contributed by atoms with van der Waals surface area (Å²) in [7, 11) is 3.18. The van der Waals surface area contributed by atoms with E-state index >= 15 is 0 Å². The van der Waals surface area contributed by atoms with Crippen molar-refractivity contribution >= 4 is 45.7 Å². The van der Waals surface area contributed by atoms with Crippen LogP contribution in [0.2, 0.25) is 5.02 Å². The van der Waals surface area contributed by atoms with Crippen molar-refractivity contribution in [3.05, 3.63) is 52.9 Å². The third-order valence-electron chi connectivity index (χ3n) is 3.61. The predicted octanol–water partition coefficient (Wildman–Crippen LogP) is 5.21. The molecule has 0 aliphatic heterocycles. The van der Waals surface area contributed by atoms with Crippen molar-refractivity contribution < 1.29 is 14.3 Å². The van der Waals surface area contributed by atoms with Gasteiger partial charge in [-0.1, -0.05) is 11.6 Å². The lowest BCUT2D eigenvalue weighted by molar-refractivity contribution is -0.113. The van der Waals surface area contributed by atoms with Crippen LogP contribution in [0.1, 0.15) is 0 Å². The van der Waals surface area contributed by atoms with Gasteiger partial charge in [0.05, 0.1) is 25.7 Å². The molecule has 0 saturated carbocycles. The Kier molecular flexibility index (Phi) is 6.60. The molecule has 0 fully saturated rings. The molecule has 1 amide bonds. The molecular formula is C19H17ClN2O3S2. The summed E-state index contributed by atoms with van der Waals surface area (Å²) >= 11 is 8.68. The number of carbonyl (C=O) groups excluding carboxylic acids is 1. The summed E-state index contributed by atoms with van der Waals surface area (Å²) in [6, 6.07) is 13.0. The second-order valence-corrected chi connectivity index (χ2v) is 7.74. The number of thiazole rings is 1. The van der Waals surface area contributed by atoms with Gasteiger partial charge in [-0.15, -0.1) is 23.1 Å². The van der Waals surface area contributed by atoms with Gasteiger partial charge in [0.25, 0.3) is 0 Å². The lowest BCUT2D eigenvalue weighted by Gasteiger charge is -2.08. The molecule has 0 bridgehead atoms. The third kappa shape index (κ3) is 5.15. The summed E-state index contributed by atoms with van der Waals surface area (Å²) in [5.41, 5.74) is 1.65. The van der Waals surface area contributed by atoms with Crippen molar-refractivity contribution in [2.24, 2.45) is 0 Å². The molecule has 140 valence electrons. The lowest BCUT2D eigenvalue weighted by Crippen LogP contribution is -2.13. The Balaban J connectivity index is 1.62. The van der Waals surface area contributed by atoms with Crippen LogP contribution in [0.3, 0.4) is 0 Å². The van der Waals surface area contributed by atoms with Gasteiger partial charge in [0.15, 0.2) is 16.6 Å². The number of hydrogen-bond acceptors (Lipinski definition) is 6. The van der Waals surface area contributed by atoms with Gasteiger partial charge in [0.1, 0.15) is 0 Å². The molecule has 0 saturated heterocycles. The molecule has 0 radical (unpaired) electrons. The van der Waals surface area contributed by atoms with Gasteiger partial charge in [-0.3, -0.25) is 4.79 Å². The number of amides is 1. The van der Waals surface area contributed by atoms with E-state index in [1.165, 1.54) is 23.1 Å². The van der Waals surface area contributed by atoms with Crippen LogP contribution < -0.4 is 14.8 Å². The van der Waals surface area contributed by atoms with E-state index in [4.69, 9.17) is 21.1 Å². The quantitative estimate of drug-likeness (QED) is 0.531. The highest BCUT2D eigenvalue weighted by Crippen LogP contribution is 2.33. The van der Waals surface area contributed by atoms with Crippen LogP contribution in [-0.4, -0.2) is 30.9 Å². The van der Waals surface area contributed by atoms with Crippen molar-refractivity contribution in [3.8, 4) is 22.8 Å². The van der Waals surface area contributed by atoms with E-state index in [0.717, 1.165) is 16.2 Å². The molecule has 2 aromatic carbocycles. The van der Waals surface area contributed by atoms with E-state index in [-0.39, 0.29) is 5.91 Å². The van der Waals surface area contributed by atoms with Crippen molar-refractivity contribution in [2.45, 2.75) is 4.90 Å². The number of aromatic nitrogens is 1. The number of anilines is 1. The van der Waals surface area contributed by atoms with Crippen molar-refractivity contribution in [2.75, 3.05) is 25.3 Å². The SMILES string of the molecule is COc1ccc(-c2csc(NC(=O)CSc3ccc(Cl)cc3)n2)cc1OC. The molecule has 0 atom stereocenters. The van der Waals surface area contributed by atoms with Crippen LogP contribution in [0.4, 0.5) is 5.13 Å². The van der Waals surface area contributed by atoms with Gasteiger partial charge in [-0.05, 0) is 42.5 Å². The smallest absolute Gasteiger partial charge is 0.236 e. The van der Waals surface area contributed by atoms with Crippen LogP contribution in [0.15, 0.2) is 52.7 Å². The maximum absolute atomic E-state index is 12.2. The van der Waals surface area contributed by atoms with E-state index in [1.807, 2.05) is 35.7 Å². The predicted molar refractivity (Wildman–Crippen MR) is 111 cm³/mol. The molecule has 5 nitrogen and oxygen atoms in total. The van der Waals surface area contributed by atoms with Crippen LogP contribution in [0, 0.1) is 0 Å². The number of rotatable bonds is 7. The first-order valence-corrected chi connectivity index (χ1v) is 10.2. The van der Waals surface area contributed by atoms with Crippen LogP contribution in [0.25, 0.3) is 11.3 Å². The Morgan fingerprint density at radius 1 is 1.15 bits per heavy atom. The minimum absolute atomic E-state index is 0.108. The summed E-state index contributed by atoms with van der Waals surface area (Å²) in [5.74, 6) is 1.48. The van der Waals surface area contributed by atoms with Crippen molar-refractivity contribution in [1.82, 2.24) is 4.98 Å². The molecule has 8 heteroatoms. The number of nitrogens with zero attached hydrogens (tertiary/aromatic N) is 1.